The Hall–Kier alpha value is -3.13. The Kier molecular flexibility index (Phi) is 4.41. The van der Waals surface area contributed by atoms with Crippen LogP contribution in [0.5, 0.6) is 0 Å². The number of rotatable bonds is 4. The third kappa shape index (κ3) is 3.08. The number of aromatic nitrogens is 2. The summed E-state index contributed by atoms with van der Waals surface area (Å²) < 4.78 is 2.40. The van der Waals surface area contributed by atoms with Crippen molar-refractivity contribution in [2.24, 2.45) is 0 Å². The van der Waals surface area contributed by atoms with E-state index in [0.29, 0.717) is 0 Å². The van der Waals surface area contributed by atoms with E-state index in [9.17, 15) is 0 Å². The number of benzene rings is 2. The molecule has 4 rings (SSSR count). The molecule has 0 spiro atoms. The molecule has 2 heteroatoms. The maximum absolute atomic E-state index is 4.76. The molecule has 4 aromatic rings. The highest BCUT2D eigenvalue weighted by atomic mass is 15.0. The van der Waals surface area contributed by atoms with E-state index < -0.39 is 0 Å². The normalized spacial score (nSPS) is 11.1. The van der Waals surface area contributed by atoms with Crippen molar-refractivity contribution in [2.75, 3.05) is 0 Å². The molecule has 2 heterocycles. The number of pyridine rings is 1. The first kappa shape index (κ1) is 17.3. The van der Waals surface area contributed by atoms with E-state index in [1.165, 1.54) is 33.3 Å². The Labute approximate surface area is 160 Å². The summed E-state index contributed by atoms with van der Waals surface area (Å²) in [5, 5.41) is 1.28. The van der Waals surface area contributed by atoms with Gasteiger partial charge in [0.15, 0.2) is 0 Å². The second-order valence-corrected chi connectivity index (χ2v) is 7.16. The number of nitrogens with zero attached hydrogens (tertiary/aromatic N) is 2. The predicted octanol–water partition coefficient (Wildman–Crippen LogP) is 6.32. The van der Waals surface area contributed by atoms with Gasteiger partial charge in [0.2, 0.25) is 0 Å². The second kappa shape index (κ2) is 6.88. The summed E-state index contributed by atoms with van der Waals surface area (Å²) in [5.41, 5.74) is 9.70. The molecule has 0 saturated carbocycles. The first-order valence-corrected chi connectivity index (χ1v) is 9.31. The van der Waals surface area contributed by atoms with Crippen molar-refractivity contribution in [3.05, 3.63) is 95.3 Å². The molecular weight excluding hydrogens is 328 g/mol. The molecular formula is C25H24N2. The molecule has 0 aliphatic heterocycles. The minimum atomic E-state index is 0.847. The molecule has 2 aromatic carbocycles. The van der Waals surface area contributed by atoms with E-state index in [4.69, 9.17) is 4.98 Å². The molecule has 2 nitrogen and oxygen atoms in total. The fraction of sp³-hybridized carbons (Fsp3) is 0.160. The van der Waals surface area contributed by atoms with Crippen molar-refractivity contribution in [2.45, 2.75) is 27.3 Å². The summed E-state index contributed by atoms with van der Waals surface area (Å²) in [6, 6.07) is 19.4. The van der Waals surface area contributed by atoms with Gasteiger partial charge in [-0.2, -0.15) is 0 Å². The summed E-state index contributed by atoms with van der Waals surface area (Å²) in [6.07, 6.45) is 3.79. The van der Waals surface area contributed by atoms with Crippen LogP contribution in [0.25, 0.3) is 28.2 Å². The van der Waals surface area contributed by atoms with Gasteiger partial charge in [0.25, 0.3) is 0 Å². The molecule has 0 aliphatic rings. The van der Waals surface area contributed by atoms with Gasteiger partial charge in [0, 0.05) is 29.4 Å². The van der Waals surface area contributed by atoms with Crippen LogP contribution in [0, 0.1) is 20.8 Å². The van der Waals surface area contributed by atoms with Crippen LogP contribution >= 0.6 is 0 Å². The van der Waals surface area contributed by atoms with Gasteiger partial charge >= 0.3 is 0 Å². The first-order valence-electron chi connectivity index (χ1n) is 9.31. The lowest BCUT2D eigenvalue weighted by Crippen LogP contribution is -2.03. The molecule has 2 aromatic heterocycles. The van der Waals surface area contributed by atoms with Crippen molar-refractivity contribution in [1.29, 1.82) is 0 Å². The summed E-state index contributed by atoms with van der Waals surface area (Å²) in [7, 11) is 0. The van der Waals surface area contributed by atoms with Crippen LogP contribution in [-0.4, -0.2) is 9.55 Å². The molecule has 0 saturated heterocycles. The van der Waals surface area contributed by atoms with Crippen molar-refractivity contribution < 1.29 is 0 Å². The Morgan fingerprint density at radius 1 is 0.926 bits per heavy atom. The molecule has 0 atom stereocenters. The third-order valence-electron chi connectivity index (χ3n) is 5.43. The van der Waals surface area contributed by atoms with Crippen LogP contribution in [-0.2, 0) is 6.54 Å². The second-order valence-electron chi connectivity index (χ2n) is 7.16. The number of fused-ring (bicyclic) bond motifs is 1. The third-order valence-corrected chi connectivity index (χ3v) is 5.43. The van der Waals surface area contributed by atoms with E-state index in [0.717, 1.165) is 23.4 Å². The SMILES string of the molecule is C=Cc1ccc(-c2nccc3c(C)c(C)n(Cc4ccc(C)cc4)c23)cc1. The van der Waals surface area contributed by atoms with Crippen LogP contribution in [0.1, 0.15) is 27.9 Å². The van der Waals surface area contributed by atoms with E-state index in [-0.39, 0.29) is 0 Å². The first-order chi connectivity index (χ1) is 13.1. The van der Waals surface area contributed by atoms with Gasteiger partial charge in [-0.1, -0.05) is 66.7 Å². The fourth-order valence-electron chi connectivity index (χ4n) is 3.66. The molecule has 0 aliphatic carbocycles. The largest absolute Gasteiger partial charge is 0.338 e. The quantitative estimate of drug-likeness (QED) is 0.420. The average molecular weight is 352 g/mol. The Morgan fingerprint density at radius 2 is 1.63 bits per heavy atom. The maximum Gasteiger partial charge on any atom is 0.0945 e. The maximum atomic E-state index is 4.76. The van der Waals surface area contributed by atoms with Crippen molar-refractivity contribution >= 4 is 17.0 Å². The van der Waals surface area contributed by atoms with Gasteiger partial charge in [0.05, 0.1) is 11.2 Å². The molecule has 0 amide bonds. The zero-order chi connectivity index (χ0) is 19.0. The predicted molar refractivity (Wildman–Crippen MR) is 115 cm³/mol. The number of aryl methyl sites for hydroxylation is 2. The van der Waals surface area contributed by atoms with Gasteiger partial charge < -0.3 is 4.57 Å². The van der Waals surface area contributed by atoms with Crippen LogP contribution in [0.4, 0.5) is 0 Å². The molecule has 0 radical (unpaired) electrons. The molecule has 134 valence electrons. The van der Waals surface area contributed by atoms with Gasteiger partial charge in [-0.25, -0.2) is 0 Å². The van der Waals surface area contributed by atoms with Crippen LogP contribution in [0.15, 0.2) is 67.4 Å². The average Bonchev–Trinajstić information content (AvgIpc) is 2.95. The zero-order valence-electron chi connectivity index (χ0n) is 16.2. The Bertz CT molecular complexity index is 1110. The lowest BCUT2D eigenvalue weighted by molar-refractivity contribution is 0.800. The van der Waals surface area contributed by atoms with Crippen molar-refractivity contribution in [3.8, 4) is 11.3 Å². The van der Waals surface area contributed by atoms with E-state index >= 15 is 0 Å². The molecule has 0 bridgehead atoms. The van der Waals surface area contributed by atoms with Gasteiger partial charge in [-0.05, 0) is 43.5 Å². The molecule has 0 N–H and O–H groups in total. The molecule has 27 heavy (non-hydrogen) atoms. The van der Waals surface area contributed by atoms with Crippen LogP contribution < -0.4 is 0 Å². The van der Waals surface area contributed by atoms with Crippen LogP contribution in [0.2, 0.25) is 0 Å². The molecule has 0 fully saturated rings. The van der Waals surface area contributed by atoms with Gasteiger partial charge in [-0.3, -0.25) is 4.98 Å². The minimum Gasteiger partial charge on any atom is -0.338 e. The Balaban J connectivity index is 1.91. The summed E-state index contributed by atoms with van der Waals surface area (Å²) >= 11 is 0. The molecule has 0 unspecified atom stereocenters. The summed E-state index contributed by atoms with van der Waals surface area (Å²) in [5.74, 6) is 0. The van der Waals surface area contributed by atoms with Crippen molar-refractivity contribution in [3.63, 3.8) is 0 Å². The van der Waals surface area contributed by atoms with E-state index in [1.54, 1.807) is 0 Å². The lowest BCUT2D eigenvalue weighted by Gasteiger charge is -2.12. The van der Waals surface area contributed by atoms with Crippen molar-refractivity contribution in [1.82, 2.24) is 9.55 Å². The van der Waals surface area contributed by atoms with E-state index in [1.807, 2.05) is 12.3 Å². The standard InChI is InChI=1S/C25H24N2/c1-5-20-10-12-22(13-11-20)24-25-23(14-15-26-24)18(3)19(4)27(25)16-21-8-6-17(2)7-9-21/h5-15H,1,16H2,2-4H3. The highest BCUT2D eigenvalue weighted by Gasteiger charge is 2.16. The number of hydrogen-bond acceptors (Lipinski definition) is 1. The summed E-state index contributed by atoms with van der Waals surface area (Å²) in [4.78, 5) is 4.76. The highest BCUT2D eigenvalue weighted by Crippen LogP contribution is 2.33. The monoisotopic (exact) mass is 352 g/mol. The fourth-order valence-corrected chi connectivity index (χ4v) is 3.66. The van der Waals surface area contributed by atoms with E-state index in [2.05, 4.69) is 86.5 Å². The lowest BCUT2D eigenvalue weighted by atomic mass is 10.1. The number of hydrogen-bond donors (Lipinski definition) is 0. The highest BCUT2D eigenvalue weighted by molar-refractivity contribution is 5.95. The van der Waals surface area contributed by atoms with Gasteiger partial charge in [-0.15, -0.1) is 0 Å². The van der Waals surface area contributed by atoms with Gasteiger partial charge in [0.1, 0.15) is 0 Å². The zero-order valence-corrected chi connectivity index (χ0v) is 16.2. The van der Waals surface area contributed by atoms with Crippen LogP contribution in [0.3, 0.4) is 0 Å². The smallest absolute Gasteiger partial charge is 0.0945 e. The minimum absolute atomic E-state index is 0.847. The Morgan fingerprint density at radius 3 is 2.30 bits per heavy atom. The summed E-state index contributed by atoms with van der Waals surface area (Å²) in [6.45, 7) is 11.2. The topological polar surface area (TPSA) is 17.8 Å².